The Balaban J connectivity index is 2.24. The average Bonchev–Trinajstić information content (AvgIpc) is 2.61. The van der Waals surface area contributed by atoms with E-state index in [0.717, 1.165) is 5.56 Å². The Bertz CT molecular complexity index is 757. The molecule has 0 saturated heterocycles. The molecule has 0 radical (unpaired) electrons. The number of hydrogen-bond acceptors (Lipinski definition) is 5. The second-order valence-electron chi connectivity index (χ2n) is 5.34. The third-order valence-electron chi connectivity index (χ3n) is 3.39. The van der Waals surface area contributed by atoms with Crippen LogP contribution in [0.3, 0.4) is 0 Å². The first-order valence-corrected chi connectivity index (χ1v) is 7.68. The second-order valence-corrected chi connectivity index (χ2v) is 5.34. The van der Waals surface area contributed by atoms with Crippen LogP contribution < -0.4 is 4.74 Å². The smallest absolute Gasteiger partial charge is 0.325 e. The van der Waals surface area contributed by atoms with Crippen LogP contribution in [0.15, 0.2) is 54.6 Å². The minimum atomic E-state index is -0.513. The van der Waals surface area contributed by atoms with Crippen molar-refractivity contribution in [1.82, 2.24) is 4.90 Å². The zero-order valence-corrected chi connectivity index (χ0v) is 14.1. The van der Waals surface area contributed by atoms with E-state index in [1.807, 2.05) is 30.3 Å². The lowest BCUT2D eigenvalue weighted by molar-refractivity contribution is -0.141. The van der Waals surface area contributed by atoms with Gasteiger partial charge in [0, 0.05) is 19.0 Å². The van der Waals surface area contributed by atoms with E-state index in [4.69, 9.17) is 4.74 Å². The van der Waals surface area contributed by atoms with E-state index >= 15 is 0 Å². The molecule has 130 valence electrons. The molecule has 0 aromatic heterocycles. The monoisotopic (exact) mass is 341 g/mol. The van der Waals surface area contributed by atoms with Crippen molar-refractivity contribution in [3.05, 3.63) is 65.7 Å². The van der Waals surface area contributed by atoms with Gasteiger partial charge in [-0.05, 0) is 23.8 Å². The molecular weight excluding hydrogens is 322 g/mol. The number of ether oxygens (including phenoxy) is 2. The van der Waals surface area contributed by atoms with E-state index in [0.29, 0.717) is 5.56 Å². The van der Waals surface area contributed by atoms with Gasteiger partial charge in [-0.15, -0.1) is 0 Å². The molecule has 6 nitrogen and oxygen atoms in total. The molecule has 0 spiro atoms. The van der Waals surface area contributed by atoms with Gasteiger partial charge in [-0.1, -0.05) is 36.4 Å². The van der Waals surface area contributed by atoms with Crippen molar-refractivity contribution in [2.45, 2.75) is 13.5 Å². The van der Waals surface area contributed by atoms with Crippen LogP contribution in [0.2, 0.25) is 0 Å². The van der Waals surface area contributed by atoms with E-state index in [-0.39, 0.29) is 24.7 Å². The molecule has 0 saturated carbocycles. The number of rotatable bonds is 6. The largest absolute Gasteiger partial charge is 0.468 e. The lowest BCUT2D eigenvalue weighted by Gasteiger charge is -2.22. The molecule has 2 aromatic rings. The molecule has 0 bridgehead atoms. The van der Waals surface area contributed by atoms with E-state index in [1.54, 1.807) is 18.2 Å². The summed E-state index contributed by atoms with van der Waals surface area (Å²) >= 11 is 0. The maximum Gasteiger partial charge on any atom is 0.325 e. The molecule has 0 aliphatic carbocycles. The van der Waals surface area contributed by atoms with Crippen LogP contribution in [0, 0.1) is 0 Å². The number of carbonyl (C=O) groups is 3. The molecule has 0 fully saturated rings. The maximum absolute atomic E-state index is 12.8. The molecule has 25 heavy (non-hydrogen) atoms. The molecule has 6 heteroatoms. The van der Waals surface area contributed by atoms with Crippen LogP contribution in [-0.4, -0.2) is 36.4 Å². The minimum absolute atomic E-state index is 0.179. The van der Waals surface area contributed by atoms with Gasteiger partial charge in [0.1, 0.15) is 12.3 Å². The second kappa shape index (κ2) is 8.63. The number of amides is 1. The standard InChI is InChI=1S/C19H19NO5/c1-14(21)25-17-10-6-9-16(11-17)19(23)20(13-18(22)24-2)12-15-7-4-3-5-8-15/h3-11H,12-13H2,1-2H3. The lowest BCUT2D eigenvalue weighted by Crippen LogP contribution is -2.35. The van der Waals surface area contributed by atoms with Crippen LogP contribution in [0.25, 0.3) is 0 Å². The van der Waals surface area contributed by atoms with Crippen molar-refractivity contribution in [1.29, 1.82) is 0 Å². The Labute approximate surface area is 146 Å². The summed E-state index contributed by atoms with van der Waals surface area (Å²) in [4.78, 5) is 36.9. The van der Waals surface area contributed by atoms with Gasteiger partial charge < -0.3 is 14.4 Å². The summed E-state index contributed by atoms with van der Waals surface area (Å²) in [5.74, 6) is -1.07. The molecule has 0 heterocycles. The zero-order valence-electron chi connectivity index (χ0n) is 14.1. The zero-order chi connectivity index (χ0) is 18.2. The lowest BCUT2D eigenvalue weighted by atomic mass is 10.1. The van der Waals surface area contributed by atoms with Crippen LogP contribution >= 0.6 is 0 Å². The van der Waals surface area contributed by atoms with Gasteiger partial charge in [0.25, 0.3) is 5.91 Å². The highest BCUT2D eigenvalue weighted by Crippen LogP contribution is 2.17. The first kappa shape index (κ1) is 18.2. The molecule has 0 aliphatic heterocycles. The fourth-order valence-corrected chi connectivity index (χ4v) is 2.26. The van der Waals surface area contributed by atoms with Gasteiger partial charge in [0.15, 0.2) is 0 Å². The van der Waals surface area contributed by atoms with Crippen molar-refractivity contribution in [2.75, 3.05) is 13.7 Å². The Hall–Kier alpha value is -3.15. The highest BCUT2D eigenvalue weighted by molar-refractivity contribution is 5.96. The Morgan fingerprint density at radius 3 is 2.36 bits per heavy atom. The Morgan fingerprint density at radius 2 is 1.72 bits per heavy atom. The highest BCUT2D eigenvalue weighted by Gasteiger charge is 2.20. The summed E-state index contributed by atoms with van der Waals surface area (Å²) in [6, 6.07) is 15.6. The quantitative estimate of drug-likeness (QED) is 0.596. The first-order valence-electron chi connectivity index (χ1n) is 7.68. The molecule has 2 aromatic carbocycles. The molecule has 0 aliphatic rings. The van der Waals surface area contributed by atoms with Gasteiger partial charge in [0.05, 0.1) is 7.11 Å². The SMILES string of the molecule is COC(=O)CN(Cc1ccccc1)C(=O)c1cccc(OC(C)=O)c1. The molecule has 2 rings (SSSR count). The average molecular weight is 341 g/mol. The fraction of sp³-hybridized carbons (Fsp3) is 0.211. The number of methoxy groups -OCH3 is 1. The van der Waals surface area contributed by atoms with E-state index in [1.165, 1.54) is 25.0 Å². The molecule has 0 N–H and O–H groups in total. The Kier molecular flexibility index (Phi) is 6.28. The van der Waals surface area contributed by atoms with Gasteiger partial charge >= 0.3 is 11.9 Å². The van der Waals surface area contributed by atoms with Crippen LogP contribution in [-0.2, 0) is 20.9 Å². The topological polar surface area (TPSA) is 72.9 Å². The van der Waals surface area contributed by atoms with E-state index < -0.39 is 11.9 Å². The van der Waals surface area contributed by atoms with Crippen LogP contribution in [0.1, 0.15) is 22.8 Å². The van der Waals surface area contributed by atoms with Gasteiger partial charge in [-0.3, -0.25) is 14.4 Å². The molecule has 0 unspecified atom stereocenters. The van der Waals surface area contributed by atoms with Crippen molar-refractivity contribution in [2.24, 2.45) is 0 Å². The van der Waals surface area contributed by atoms with Crippen LogP contribution in [0.4, 0.5) is 0 Å². The summed E-state index contributed by atoms with van der Waals surface area (Å²) in [5, 5.41) is 0. The first-order chi connectivity index (χ1) is 12.0. The Morgan fingerprint density at radius 1 is 1.00 bits per heavy atom. The maximum atomic E-state index is 12.8. The van der Waals surface area contributed by atoms with Gasteiger partial charge in [-0.2, -0.15) is 0 Å². The summed E-state index contributed by atoms with van der Waals surface area (Å²) in [5.41, 5.74) is 1.20. The molecule has 1 amide bonds. The number of carbonyl (C=O) groups excluding carboxylic acids is 3. The normalized spacial score (nSPS) is 10.0. The number of benzene rings is 2. The third-order valence-corrected chi connectivity index (χ3v) is 3.39. The summed E-state index contributed by atoms with van der Waals surface area (Å²) in [7, 11) is 1.27. The van der Waals surface area contributed by atoms with Crippen molar-refractivity contribution in [3.8, 4) is 5.75 Å². The molecule has 0 atom stereocenters. The molecular formula is C19H19NO5. The minimum Gasteiger partial charge on any atom is -0.468 e. The number of esters is 2. The summed E-state index contributed by atoms with van der Waals surface area (Å²) in [6.45, 7) is 1.36. The number of nitrogens with zero attached hydrogens (tertiary/aromatic N) is 1. The predicted octanol–water partition coefficient (Wildman–Crippen LogP) is 2.43. The van der Waals surface area contributed by atoms with Crippen molar-refractivity contribution in [3.63, 3.8) is 0 Å². The summed E-state index contributed by atoms with van der Waals surface area (Å²) < 4.78 is 9.68. The van der Waals surface area contributed by atoms with Crippen molar-refractivity contribution < 1.29 is 23.9 Å². The van der Waals surface area contributed by atoms with E-state index in [2.05, 4.69) is 4.74 Å². The highest BCUT2D eigenvalue weighted by atomic mass is 16.5. The van der Waals surface area contributed by atoms with Crippen LogP contribution in [0.5, 0.6) is 5.75 Å². The summed E-state index contributed by atoms with van der Waals surface area (Å²) in [6.07, 6.45) is 0. The third kappa shape index (κ3) is 5.46. The van der Waals surface area contributed by atoms with Gasteiger partial charge in [0.2, 0.25) is 0 Å². The number of hydrogen-bond donors (Lipinski definition) is 0. The predicted molar refractivity (Wildman–Crippen MR) is 90.9 cm³/mol. The van der Waals surface area contributed by atoms with Crippen molar-refractivity contribution >= 4 is 17.8 Å². The fourth-order valence-electron chi connectivity index (χ4n) is 2.26. The van der Waals surface area contributed by atoms with E-state index in [9.17, 15) is 14.4 Å². The van der Waals surface area contributed by atoms with Gasteiger partial charge in [-0.25, -0.2) is 0 Å².